The third-order valence-corrected chi connectivity index (χ3v) is 7.35. The number of para-hydroxylation sites is 1. The van der Waals surface area contributed by atoms with Gasteiger partial charge in [0, 0.05) is 6.20 Å². The Morgan fingerprint density at radius 3 is 2.57 bits per heavy atom. The van der Waals surface area contributed by atoms with Crippen LogP contribution in [-0.4, -0.2) is 51.9 Å². The molecule has 2 fully saturated rings. The van der Waals surface area contributed by atoms with E-state index in [1.807, 2.05) is 12.3 Å². The first-order valence-corrected chi connectivity index (χ1v) is 11.4. The van der Waals surface area contributed by atoms with Crippen LogP contribution in [0.15, 0.2) is 36.5 Å². The molecule has 0 spiro atoms. The zero-order chi connectivity index (χ0) is 20.7. The maximum atomic E-state index is 5.08. The summed E-state index contributed by atoms with van der Waals surface area (Å²) in [6.07, 6.45) is 7.89. The van der Waals surface area contributed by atoms with Crippen LogP contribution in [0.3, 0.4) is 0 Å². The summed E-state index contributed by atoms with van der Waals surface area (Å²) in [6.45, 7) is 4.53. The van der Waals surface area contributed by atoms with E-state index in [2.05, 4.69) is 60.1 Å². The number of aromatic nitrogens is 3. The highest BCUT2D eigenvalue weighted by Crippen LogP contribution is 2.41. The topological polar surface area (TPSA) is 48.1 Å². The number of hydrogen-bond donors (Lipinski definition) is 1. The Balaban J connectivity index is 1.46. The van der Waals surface area contributed by atoms with E-state index < -0.39 is 0 Å². The van der Waals surface area contributed by atoms with Gasteiger partial charge in [0.1, 0.15) is 5.82 Å². The fourth-order valence-electron chi connectivity index (χ4n) is 5.53. The molecule has 2 aliphatic rings. The van der Waals surface area contributed by atoms with Crippen LogP contribution in [-0.2, 0) is 0 Å². The van der Waals surface area contributed by atoms with Gasteiger partial charge >= 0.3 is 0 Å². The van der Waals surface area contributed by atoms with Gasteiger partial charge in [-0.3, -0.25) is 9.88 Å². The maximum Gasteiger partial charge on any atom is 0.124 e. The summed E-state index contributed by atoms with van der Waals surface area (Å²) in [4.78, 5) is 18.5. The predicted molar refractivity (Wildman–Crippen MR) is 122 cm³/mol. The number of benzene rings is 1. The molecule has 5 nitrogen and oxygen atoms in total. The van der Waals surface area contributed by atoms with Gasteiger partial charge in [0.15, 0.2) is 0 Å². The largest absolute Gasteiger partial charge is 0.340 e. The average molecular weight is 404 g/mol. The molecule has 0 saturated carbocycles. The fraction of sp³-hybridized carbons (Fsp3) is 0.520. The molecule has 5 heteroatoms. The Kier molecular flexibility index (Phi) is 5.34. The summed E-state index contributed by atoms with van der Waals surface area (Å²) >= 11 is 0. The number of fused-ring (bicyclic) bond motifs is 1. The minimum atomic E-state index is 0.308. The number of aryl methyl sites for hydroxylation is 1. The third-order valence-electron chi connectivity index (χ3n) is 7.35. The second kappa shape index (κ2) is 8.12. The third kappa shape index (κ3) is 3.54. The van der Waals surface area contributed by atoms with Crippen molar-refractivity contribution in [3.05, 3.63) is 59.2 Å². The number of hydrogen-bond acceptors (Lipinski definition) is 4. The minimum Gasteiger partial charge on any atom is -0.340 e. The van der Waals surface area contributed by atoms with E-state index in [1.165, 1.54) is 54.7 Å². The molecule has 4 heterocycles. The first-order valence-electron chi connectivity index (χ1n) is 11.4. The molecule has 0 radical (unpaired) electrons. The van der Waals surface area contributed by atoms with Gasteiger partial charge in [-0.1, -0.05) is 18.2 Å². The van der Waals surface area contributed by atoms with Crippen molar-refractivity contribution in [3.63, 3.8) is 0 Å². The molecule has 158 valence electrons. The van der Waals surface area contributed by atoms with E-state index in [0.717, 1.165) is 24.2 Å². The van der Waals surface area contributed by atoms with Gasteiger partial charge in [-0.05, 0) is 95.4 Å². The molecular formula is C25H33N5. The summed E-state index contributed by atoms with van der Waals surface area (Å²) in [6, 6.07) is 11.5. The Morgan fingerprint density at radius 2 is 1.77 bits per heavy atom. The van der Waals surface area contributed by atoms with Crippen molar-refractivity contribution in [1.29, 1.82) is 0 Å². The second-order valence-corrected chi connectivity index (χ2v) is 9.27. The molecule has 30 heavy (non-hydrogen) atoms. The SMILES string of the molecule is Cc1cccnc1[C@@H]1CCC[C@H](c2nc3cccc(C4CCN(C)CC4)c3[nH]2)N1C. The van der Waals surface area contributed by atoms with Crippen LogP contribution in [0.1, 0.15) is 72.8 Å². The number of aromatic amines is 1. The second-order valence-electron chi connectivity index (χ2n) is 9.27. The molecule has 0 unspecified atom stereocenters. The monoisotopic (exact) mass is 403 g/mol. The molecule has 2 atom stereocenters. The van der Waals surface area contributed by atoms with Crippen molar-refractivity contribution >= 4 is 11.0 Å². The summed E-state index contributed by atoms with van der Waals surface area (Å²) in [7, 11) is 4.47. The molecule has 5 rings (SSSR count). The zero-order valence-electron chi connectivity index (χ0n) is 18.4. The van der Waals surface area contributed by atoms with Crippen molar-refractivity contribution < 1.29 is 0 Å². The van der Waals surface area contributed by atoms with Crippen LogP contribution < -0.4 is 0 Å². The fourth-order valence-corrected chi connectivity index (χ4v) is 5.53. The van der Waals surface area contributed by atoms with Crippen LogP contribution in [0.4, 0.5) is 0 Å². The number of H-pyrrole nitrogens is 1. The Hall–Kier alpha value is -2.24. The molecule has 1 N–H and O–H groups in total. The van der Waals surface area contributed by atoms with Gasteiger partial charge in [-0.25, -0.2) is 4.98 Å². The number of nitrogens with one attached hydrogen (secondary N) is 1. The number of imidazole rings is 1. The van der Waals surface area contributed by atoms with Crippen LogP contribution in [0.5, 0.6) is 0 Å². The first-order chi connectivity index (χ1) is 14.6. The van der Waals surface area contributed by atoms with E-state index in [9.17, 15) is 0 Å². The molecule has 0 aliphatic carbocycles. The molecule has 1 aromatic carbocycles. The van der Waals surface area contributed by atoms with Crippen molar-refractivity contribution in [2.75, 3.05) is 27.2 Å². The number of pyridine rings is 1. The zero-order valence-corrected chi connectivity index (χ0v) is 18.4. The number of rotatable bonds is 3. The quantitative estimate of drug-likeness (QED) is 0.670. The summed E-state index contributed by atoms with van der Waals surface area (Å²) in [5.74, 6) is 1.75. The van der Waals surface area contributed by atoms with Gasteiger partial charge in [0.05, 0.1) is 28.8 Å². The lowest BCUT2D eigenvalue weighted by atomic mass is 9.89. The summed E-state index contributed by atoms with van der Waals surface area (Å²) < 4.78 is 0. The molecule has 2 aliphatic heterocycles. The van der Waals surface area contributed by atoms with Crippen molar-refractivity contribution in [2.45, 2.75) is 57.0 Å². The number of likely N-dealkylation sites (tertiary alicyclic amines) is 2. The lowest BCUT2D eigenvalue weighted by molar-refractivity contribution is 0.107. The van der Waals surface area contributed by atoms with Crippen LogP contribution >= 0.6 is 0 Å². The van der Waals surface area contributed by atoms with E-state index in [-0.39, 0.29) is 0 Å². The Labute approximate surface area is 179 Å². The first kappa shape index (κ1) is 19.7. The Bertz CT molecular complexity index is 1020. The van der Waals surface area contributed by atoms with E-state index in [0.29, 0.717) is 18.0 Å². The van der Waals surface area contributed by atoms with Gasteiger partial charge in [-0.15, -0.1) is 0 Å². The van der Waals surface area contributed by atoms with Gasteiger partial charge in [0.25, 0.3) is 0 Å². The minimum absolute atomic E-state index is 0.308. The molecule has 0 amide bonds. The molecule has 2 aromatic heterocycles. The number of piperidine rings is 2. The summed E-state index contributed by atoms with van der Waals surface area (Å²) in [5, 5.41) is 0. The highest BCUT2D eigenvalue weighted by Gasteiger charge is 2.33. The smallest absolute Gasteiger partial charge is 0.124 e. The predicted octanol–water partition coefficient (Wildman–Crippen LogP) is 4.97. The van der Waals surface area contributed by atoms with Crippen molar-refractivity contribution in [1.82, 2.24) is 24.8 Å². The lowest BCUT2D eigenvalue weighted by Crippen LogP contribution is -2.34. The van der Waals surface area contributed by atoms with Crippen molar-refractivity contribution in [3.8, 4) is 0 Å². The van der Waals surface area contributed by atoms with Crippen LogP contribution in [0.25, 0.3) is 11.0 Å². The molecule has 0 bridgehead atoms. The van der Waals surface area contributed by atoms with Crippen LogP contribution in [0.2, 0.25) is 0 Å². The van der Waals surface area contributed by atoms with E-state index in [1.54, 1.807) is 0 Å². The molecular weight excluding hydrogens is 370 g/mol. The number of nitrogens with zero attached hydrogens (tertiary/aromatic N) is 4. The lowest BCUT2D eigenvalue weighted by Gasteiger charge is -2.38. The average Bonchev–Trinajstić information content (AvgIpc) is 3.19. The van der Waals surface area contributed by atoms with Gasteiger partial charge in [0.2, 0.25) is 0 Å². The van der Waals surface area contributed by atoms with E-state index >= 15 is 0 Å². The Morgan fingerprint density at radius 1 is 0.967 bits per heavy atom. The van der Waals surface area contributed by atoms with E-state index in [4.69, 9.17) is 9.97 Å². The highest BCUT2D eigenvalue weighted by molar-refractivity contribution is 5.79. The summed E-state index contributed by atoms with van der Waals surface area (Å²) in [5.41, 5.74) is 6.32. The van der Waals surface area contributed by atoms with Crippen molar-refractivity contribution in [2.24, 2.45) is 0 Å². The molecule has 3 aromatic rings. The standard InChI is InChI=1S/C25H33N5/c1-17-7-6-14-26-23(17)21-10-5-11-22(30(21)3)25-27-20-9-4-8-19(24(20)28-25)18-12-15-29(2)16-13-18/h4,6-9,14,18,21-22H,5,10-13,15-16H2,1-3H3,(H,27,28)/t21-,22+/m0/s1. The molecule has 2 saturated heterocycles. The van der Waals surface area contributed by atoms with Gasteiger partial charge < -0.3 is 9.88 Å². The van der Waals surface area contributed by atoms with Gasteiger partial charge in [-0.2, -0.15) is 0 Å². The normalized spacial score (nSPS) is 24.5. The maximum absolute atomic E-state index is 5.08. The highest BCUT2D eigenvalue weighted by atomic mass is 15.2. The van der Waals surface area contributed by atoms with Crippen LogP contribution in [0, 0.1) is 6.92 Å².